The number of hydrogen-bond donors (Lipinski definition) is 1. The smallest absolute Gasteiger partial charge is 0.342 e. The summed E-state index contributed by atoms with van der Waals surface area (Å²) in [5, 5.41) is 17.2. The van der Waals surface area contributed by atoms with Crippen LogP contribution < -0.4 is 4.74 Å². The van der Waals surface area contributed by atoms with E-state index in [0.717, 1.165) is 28.6 Å². The number of carbonyl (C=O) groups is 1. The summed E-state index contributed by atoms with van der Waals surface area (Å²) in [7, 11) is 1.59. The number of aromatic nitrogens is 2. The van der Waals surface area contributed by atoms with E-state index in [9.17, 15) is 9.90 Å². The second-order valence-corrected chi connectivity index (χ2v) is 5.45. The van der Waals surface area contributed by atoms with Gasteiger partial charge in [-0.2, -0.15) is 0 Å². The quantitative estimate of drug-likeness (QED) is 0.646. The lowest BCUT2D eigenvalue weighted by molar-refractivity contribution is -0.131. The summed E-state index contributed by atoms with van der Waals surface area (Å²) < 4.78 is 10.5. The van der Waals surface area contributed by atoms with Gasteiger partial charge < -0.3 is 14.3 Å². The van der Waals surface area contributed by atoms with E-state index in [1.807, 2.05) is 26.0 Å². The molecule has 6 nitrogen and oxygen atoms in total. The highest BCUT2D eigenvalue weighted by Gasteiger charge is 2.15. The standard InChI is InChI=1S/C15H16N2O4S/c1-4-13-16-17-15(21-13)22-12(14(18)19)8-10-5-6-11(20-3)7-9(10)2/h5-8H,4H2,1-3H3,(H,18,19)/b12-8-. The fourth-order valence-electron chi connectivity index (χ4n) is 1.73. The molecule has 0 radical (unpaired) electrons. The third kappa shape index (κ3) is 3.88. The number of methoxy groups -OCH3 is 1. The van der Waals surface area contributed by atoms with Crippen molar-refractivity contribution < 1.29 is 19.1 Å². The van der Waals surface area contributed by atoms with Crippen LogP contribution in [0.25, 0.3) is 6.08 Å². The molecule has 0 fully saturated rings. The zero-order valence-corrected chi connectivity index (χ0v) is 13.3. The molecular formula is C15H16N2O4S. The molecule has 0 bridgehead atoms. The van der Waals surface area contributed by atoms with E-state index >= 15 is 0 Å². The summed E-state index contributed by atoms with van der Waals surface area (Å²) in [6.45, 7) is 3.77. The predicted molar refractivity (Wildman–Crippen MR) is 82.9 cm³/mol. The Morgan fingerprint density at radius 2 is 2.23 bits per heavy atom. The molecule has 1 aromatic carbocycles. The number of aliphatic carboxylic acids is 1. The van der Waals surface area contributed by atoms with Gasteiger partial charge in [-0.25, -0.2) is 4.79 Å². The van der Waals surface area contributed by atoms with Gasteiger partial charge >= 0.3 is 5.97 Å². The summed E-state index contributed by atoms with van der Waals surface area (Å²) in [5.41, 5.74) is 1.71. The number of rotatable bonds is 6. The number of nitrogens with zero attached hydrogens (tertiary/aromatic N) is 2. The largest absolute Gasteiger partial charge is 0.497 e. The Morgan fingerprint density at radius 3 is 2.77 bits per heavy atom. The van der Waals surface area contributed by atoms with Crippen LogP contribution in [0.5, 0.6) is 5.75 Å². The fourth-order valence-corrected chi connectivity index (χ4v) is 2.41. The molecule has 0 aliphatic rings. The van der Waals surface area contributed by atoms with Crippen LogP contribution in [0.1, 0.15) is 23.9 Å². The molecule has 2 aromatic rings. The first-order chi connectivity index (χ1) is 10.5. The molecule has 2 rings (SSSR count). The van der Waals surface area contributed by atoms with Crippen LogP contribution in [0.2, 0.25) is 0 Å². The van der Waals surface area contributed by atoms with Crippen LogP contribution in [0.4, 0.5) is 0 Å². The maximum absolute atomic E-state index is 11.4. The summed E-state index contributed by atoms with van der Waals surface area (Å²) in [4.78, 5) is 11.5. The molecule has 0 aliphatic heterocycles. The second-order valence-electron chi connectivity index (χ2n) is 4.45. The van der Waals surface area contributed by atoms with E-state index in [1.54, 1.807) is 19.3 Å². The Morgan fingerprint density at radius 1 is 1.45 bits per heavy atom. The van der Waals surface area contributed by atoms with Crippen molar-refractivity contribution in [3.05, 3.63) is 40.1 Å². The van der Waals surface area contributed by atoms with Crippen molar-refractivity contribution in [3.63, 3.8) is 0 Å². The Hall–Kier alpha value is -2.28. The highest BCUT2D eigenvalue weighted by Crippen LogP contribution is 2.29. The lowest BCUT2D eigenvalue weighted by atomic mass is 10.1. The summed E-state index contributed by atoms with van der Waals surface area (Å²) in [6.07, 6.45) is 2.19. The number of hydrogen-bond acceptors (Lipinski definition) is 6. The highest BCUT2D eigenvalue weighted by molar-refractivity contribution is 8.03. The molecule has 0 unspecified atom stereocenters. The van der Waals surface area contributed by atoms with Crippen molar-refractivity contribution >= 4 is 23.8 Å². The number of thioether (sulfide) groups is 1. The maximum Gasteiger partial charge on any atom is 0.342 e. The van der Waals surface area contributed by atoms with Crippen LogP contribution in [0.15, 0.2) is 32.7 Å². The SMILES string of the molecule is CCc1nnc(S/C(=C\c2ccc(OC)cc2C)C(=O)O)o1. The topological polar surface area (TPSA) is 85.5 Å². The second kappa shape index (κ2) is 7.13. The third-order valence-electron chi connectivity index (χ3n) is 2.92. The zero-order valence-electron chi connectivity index (χ0n) is 12.5. The Balaban J connectivity index is 2.29. The first-order valence-corrected chi connectivity index (χ1v) is 7.45. The molecule has 22 heavy (non-hydrogen) atoms. The molecule has 7 heteroatoms. The number of carboxylic acid groups (broad SMARTS) is 1. The molecule has 1 N–H and O–H groups in total. The van der Waals surface area contributed by atoms with Gasteiger partial charge in [-0.1, -0.05) is 13.0 Å². The van der Waals surface area contributed by atoms with Crippen molar-refractivity contribution in [2.45, 2.75) is 25.5 Å². The molecular weight excluding hydrogens is 304 g/mol. The Bertz CT molecular complexity index is 709. The first-order valence-electron chi connectivity index (χ1n) is 6.63. The molecule has 0 amide bonds. The predicted octanol–water partition coefficient (Wildman–Crippen LogP) is 3.17. The van der Waals surface area contributed by atoms with Crippen LogP contribution in [0, 0.1) is 6.92 Å². The number of carboxylic acids is 1. The van der Waals surface area contributed by atoms with Crippen LogP contribution in [0.3, 0.4) is 0 Å². The van der Waals surface area contributed by atoms with Crippen molar-refractivity contribution in [2.24, 2.45) is 0 Å². The van der Waals surface area contributed by atoms with E-state index in [4.69, 9.17) is 9.15 Å². The molecule has 0 aliphatic carbocycles. The van der Waals surface area contributed by atoms with Crippen LogP contribution >= 0.6 is 11.8 Å². The van der Waals surface area contributed by atoms with Gasteiger partial charge in [0, 0.05) is 6.42 Å². The van der Waals surface area contributed by atoms with Gasteiger partial charge in [0.05, 0.1) is 7.11 Å². The van der Waals surface area contributed by atoms with Crippen molar-refractivity contribution in [2.75, 3.05) is 7.11 Å². The molecule has 1 heterocycles. The van der Waals surface area contributed by atoms with Gasteiger partial charge in [0.25, 0.3) is 5.22 Å². The molecule has 116 valence electrons. The highest BCUT2D eigenvalue weighted by atomic mass is 32.2. The van der Waals surface area contributed by atoms with E-state index in [0.29, 0.717) is 12.3 Å². The minimum Gasteiger partial charge on any atom is -0.497 e. The first kappa shape index (κ1) is 16.1. The molecule has 0 spiro atoms. The maximum atomic E-state index is 11.4. The van der Waals surface area contributed by atoms with E-state index < -0.39 is 5.97 Å². The van der Waals surface area contributed by atoms with Crippen molar-refractivity contribution in [3.8, 4) is 5.75 Å². The van der Waals surface area contributed by atoms with Gasteiger partial charge in [0.1, 0.15) is 10.7 Å². The van der Waals surface area contributed by atoms with Crippen molar-refractivity contribution in [1.29, 1.82) is 0 Å². The van der Waals surface area contributed by atoms with Gasteiger partial charge in [0.15, 0.2) is 0 Å². The average Bonchev–Trinajstić information content (AvgIpc) is 2.95. The summed E-state index contributed by atoms with van der Waals surface area (Å²) in [5.74, 6) is 0.160. The van der Waals surface area contributed by atoms with Crippen molar-refractivity contribution in [1.82, 2.24) is 10.2 Å². The van der Waals surface area contributed by atoms with Gasteiger partial charge in [-0.05, 0) is 48.0 Å². The van der Waals surface area contributed by atoms with E-state index in [1.165, 1.54) is 0 Å². The van der Waals surface area contributed by atoms with Crippen LogP contribution in [-0.4, -0.2) is 28.4 Å². The number of aryl methyl sites for hydroxylation is 2. The normalized spacial score (nSPS) is 11.5. The third-order valence-corrected chi connectivity index (χ3v) is 3.77. The van der Waals surface area contributed by atoms with Gasteiger partial charge in [-0.3, -0.25) is 0 Å². The monoisotopic (exact) mass is 320 g/mol. The van der Waals surface area contributed by atoms with Gasteiger partial charge in [-0.15, -0.1) is 10.2 Å². The number of benzene rings is 1. The molecule has 1 aromatic heterocycles. The van der Waals surface area contributed by atoms with Gasteiger partial charge in [0.2, 0.25) is 5.89 Å². The minimum atomic E-state index is -1.04. The fraction of sp³-hybridized carbons (Fsp3) is 0.267. The average molecular weight is 320 g/mol. The summed E-state index contributed by atoms with van der Waals surface area (Å²) in [6, 6.07) is 5.44. The number of ether oxygens (including phenoxy) is 1. The summed E-state index contributed by atoms with van der Waals surface area (Å²) >= 11 is 0.937. The minimum absolute atomic E-state index is 0.111. The Kier molecular flexibility index (Phi) is 5.21. The molecule has 0 saturated heterocycles. The van der Waals surface area contributed by atoms with Crippen LogP contribution in [-0.2, 0) is 11.2 Å². The zero-order chi connectivity index (χ0) is 16.1. The van der Waals surface area contributed by atoms with E-state index in [-0.39, 0.29) is 10.1 Å². The molecule has 0 saturated carbocycles. The lowest BCUT2D eigenvalue weighted by Crippen LogP contribution is -1.97. The Labute approximate surface area is 132 Å². The lowest BCUT2D eigenvalue weighted by Gasteiger charge is -2.05. The van der Waals surface area contributed by atoms with E-state index in [2.05, 4.69) is 10.2 Å². The molecule has 0 atom stereocenters.